The third-order valence-electron chi connectivity index (χ3n) is 2.32. The van der Waals surface area contributed by atoms with Crippen molar-refractivity contribution in [3.63, 3.8) is 0 Å². The van der Waals surface area contributed by atoms with Gasteiger partial charge in [-0.3, -0.25) is 4.98 Å². The van der Waals surface area contributed by atoms with E-state index in [1.807, 2.05) is 30.1 Å². The molecule has 0 aliphatic heterocycles. The molecule has 0 radical (unpaired) electrons. The van der Waals surface area contributed by atoms with E-state index in [0.717, 1.165) is 11.5 Å². The molecule has 2 aromatic rings. The molecule has 2 heterocycles. The summed E-state index contributed by atoms with van der Waals surface area (Å²) in [7, 11) is 1.92. The summed E-state index contributed by atoms with van der Waals surface area (Å²) in [5.74, 6) is 0.737. The van der Waals surface area contributed by atoms with Crippen LogP contribution >= 0.6 is 11.6 Å². The van der Waals surface area contributed by atoms with Crippen LogP contribution < -0.4 is 10.6 Å². The van der Waals surface area contributed by atoms with Gasteiger partial charge in [-0.05, 0) is 18.2 Å². The molecule has 17 heavy (non-hydrogen) atoms. The van der Waals surface area contributed by atoms with E-state index in [-0.39, 0.29) is 0 Å². The van der Waals surface area contributed by atoms with Crippen molar-refractivity contribution in [1.29, 1.82) is 0 Å². The summed E-state index contributed by atoms with van der Waals surface area (Å²) in [4.78, 5) is 10.4. The molecule has 2 rings (SSSR count). The third-order valence-corrected chi connectivity index (χ3v) is 2.51. The first kappa shape index (κ1) is 11.7. The summed E-state index contributed by atoms with van der Waals surface area (Å²) in [5.41, 5.74) is 7.30. The average Bonchev–Trinajstić information content (AvgIpc) is 2.29. The van der Waals surface area contributed by atoms with E-state index in [0.29, 0.717) is 17.4 Å². The summed E-state index contributed by atoms with van der Waals surface area (Å²) in [6, 6.07) is 9.22. The summed E-state index contributed by atoms with van der Waals surface area (Å²) in [6.45, 7) is 0.660. The Morgan fingerprint density at radius 3 is 2.82 bits per heavy atom. The minimum absolute atomic E-state index is 0.396. The molecule has 5 heteroatoms. The van der Waals surface area contributed by atoms with Gasteiger partial charge in [0, 0.05) is 25.0 Å². The number of pyridine rings is 2. The van der Waals surface area contributed by atoms with Crippen LogP contribution in [0, 0.1) is 0 Å². The van der Waals surface area contributed by atoms with Gasteiger partial charge in [0.1, 0.15) is 11.0 Å². The molecule has 4 nitrogen and oxygen atoms in total. The highest BCUT2D eigenvalue weighted by Gasteiger charge is 2.06. The van der Waals surface area contributed by atoms with Crippen LogP contribution in [0.3, 0.4) is 0 Å². The minimum Gasteiger partial charge on any atom is -0.399 e. The van der Waals surface area contributed by atoms with E-state index < -0.39 is 0 Å². The van der Waals surface area contributed by atoms with E-state index in [9.17, 15) is 0 Å². The van der Waals surface area contributed by atoms with E-state index in [4.69, 9.17) is 17.3 Å². The Bertz CT molecular complexity index is 481. The van der Waals surface area contributed by atoms with Gasteiger partial charge >= 0.3 is 0 Å². The number of anilines is 2. The Kier molecular flexibility index (Phi) is 3.44. The van der Waals surface area contributed by atoms with Crippen LogP contribution in [0.4, 0.5) is 11.5 Å². The lowest BCUT2D eigenvalue weighted by Crippen LogP contribution is -2.18. The Labute approximate surface area is 105 Å². The van der Waals surface area contributed by atoms with Gasteiger partial charge in [0.15, 0.2) is 0 Å². The fraction of sp³-hybridized carbons (Fsp3) is 0.167. The molecule has 0 saturated carbocycles. The first-order valence-electron chi connectivity index (χ1n) is 5.19. The zero-order chi connectivity index (χ0) is 12.3. The van der Waals surface area contributed by atoms with Crippen LogP contribution in [0.1, 0.15) is 5.69 Å². The lowest BCUT2D eigenvalue weighted by molar-refractivity contribution is 0.866. The molecule has 0 aliphatic carbocycles. The molecule has 0 aliphatic rings. The van der Waals surface area contributed by atoms with Crippen LogP contribution in [-0.2, 0) is 6.54 Å². The van der Waals surface area contributed by atoms with Crippen molar-refractivity contribution in [2.24, 2.45) is 0 Å². The van der Waals surface area contributed by atoms with Crippen molar-refractivity contribution in [3.05, 3.63) is 47.4 Å². The number of nitrogens with zero attached hydrogens (tertiary/aromatic N) is 3. The summed E-state index contributed by atoms with van der Waals surface area (Å²) < 4.78 is 0. The van der Waals surface area contributed by atoms with Gasteiger partial charge in [0.25, 0.3) is 0 Å². The van der Waals surface area contributed by atoms with Gasteiger partial charge in [-0.25, -0.2) is 4.98 Å². The highest BCUT2D eigenvalue weighted by atomic mass is 35.5. The number of nitrogen functional groups attached to an aromatic ring is 1. The molecule has 0 amide bonds. The highest BCUT2D eigenvalue weighted by molar-refractivity contribution is 6.29. The molecule has 0 unspecified atom stereocenters. The standard InChI is InChI=1S/C12H13ClN4/c1-17(8-10-4-2-3-5-15-10)12-7-9(14)6-11(13)16-12/h2-7H,8H2,1H3,(H2,14,16). The molecular formula is C12H13ClN4. The van der Waals surface area contributed by atoms with E-state index in [1.165, 1.54) is 0 Å². The van der Waals surface area contributed by atoms with Crippen molar-refractivity contribution >= 4 is 23.1 Å². The number of nitrogens with two attached hydrogens (primary N) is 1. The maximum Gasteiger partial charge on any atom is 0.133 e. The van der Waals surface area contributed by atoms with Crippen molar-refractivity contribution in [2.45, 2.75) is 6.54 Å². The molecule has 2 aromatic heterocycles. The second-order valence-corrected chi connectivity index (χ2v) is 4.15. The first-order valence-corrected chi connectivity index (χ1v) is 5.57. The molecule has 0 fully saturated rings. The van der Waals surface area contributed by atoms with Crippen LogP contribution in [0.15, 0.2) is 36.5 Å². The minimum atomic E-state index is 0.396. The zero-order valence-electron chi connectivity index (χ0n) is 9.47. The fourth-order valence-corrected chi connectivity index (χ4v) is 1.73. The van der Waals surface area contributed by atoms with E-state index in [1.54, 1.807) is 18.3 Å². The van der Waals surface area contributed by atoms with Gasteiger partial charge in [0.05, 0.1) is 12.2 Å². The highest BCUT2D eigenvalue weighted by Crippen LogP contribution is 2.19. The van der Waals surface area contributed by atoms with Gasteiger partial charge in [-0.2, -0.15) is 0 Å². The maximum absolute atomic E-state index is 5.86. The monoisotopic (exact) mass is 248 g/mol. The van der Waals surface area contributed by atoms with Gasteiger partial charge in [-0.15, -0.1) is 0 Å². The number of hydrogen-bond acceptors (Lipinski definition) is 4. The predicted molar refractivity (Wildman–Crippen MR) is 70.0 cm³/mol. The molecule has 88 valence electrons. The largest absolute Gasteiger partial charge is 0.399 e. The first-order chi connectivity index (χ1) is 8.15. The molecule has 0 aromatic carbocycles. The Morgan fingerprint density at radius 2 is 2.18 bits per heavy atom. The zero-order valence-corrected chi connectivity index (χ0v) is 10.2. The van der Waals surface area contributed by atoms with Gasteiger partial charge in [0.2, 0.25) is 0 Å². The van der Waals surface area contributed by atoms with Crippen molar-refractivity contribution in [2.75, 3.05) is 17.7 Å². The lowest BCUT2D eigenvalue weighted by Gasteiger charge is -2.18. The quantitative estimate of drug-likeness (QED) is 0.848. The smallest absolute Gasteiger partial charge is 0.133 e. The topological polar surface area (TPSA) is 55.0 Å². The Hall–Kier alpha value is -1.81. The SMILES string of the molecule is CN(Cc1ccccn1)c1cc(N)cc(Cl)n1. The third kappa shape index (κ3) is 3.07. The predicted octanol–water partition coefficient (Wildman–Crippen LogP) is 2.35. The summed E-state index contributed by atoms with van der Waals surface area (Å²) in [5, 5.41) is 0.396. The van der Waals surface area contributed by atoms with Crippen LogP contribution in [-0.4, -0.2) is 17.0 Å². The van der Waals surface area contributed by atoms with E-state index in [2.05, 4.69) is 9.97 Å². The second kappa shape index (κ2) is 5.01. The molecule has 0 atom stereocenters. The Morgan fingerprint density at radius 1 is 1.35 bits per heavy atom. The van der Waals surface area contributed by atoms with Crippen molar-refractivity contribution < 1.29 is 0 Å². The van der Waals surface area contributed by atoms with Crippen LogP contribution in [0.5, 0.6) is 0 Å². The molecule has 0 bridgehead atoms. The molecule has 2 N–H and O–H groups in total. The number of halogens is 1. The Balaban J connectivity index is 2.17. The van der Waals surface area contributed by atoms with Gasteiger partial charge < -0.3 is 10.6 Å². The maximum atomic E-state index is 5.86. The number of hydrogen-bond donors (Lipinski definition) is 1. The lowest BCUT2D eigenvalue weighted by atomic mass is 10.3. The van der Waals surface area contributed by atoms with Crippen molar-refractivity contribution in [3.8, 4) is 0 Å². The van der Waals surface area contributed by atoms with Crippen LogP contribution in [0.2, 0.25) is 5.15 Å². The normalized spacial score (nSPS) is 10.2. The average molecular weight is 249 g/mol. The summed E-state index contributed by atoms with van der Waals surface area (Å²) in [6.07, 6.45) is 1.77. The van der Waals surface area contributed by atoms with Gasteiger partial charge in [-0.1, -0.05) is 17.7 Å². The van der Waals surface area contributed by atoms with Crippen LogP contribution in [0.25, 0.3) is 0 Å². The van der Waals surface area contributed by atoms with E-state index >= 15 is 0 Å². The molecule has 0 spiro atoms. The van der Waals surface area contributed by atoms with Crippen molar-refractivity contribution in [1.82, 2.24) is 9.97 Å². The molecular weight excluding hydrogens is 236 g/mol. The second-order valence-electron chi connectivity index (χ2n) is 3.76. The molecule has 0 saturated heterocycles. The number of aromatic nitrogens is 2. The fourth-order valence-electron chi connectivity index (χ4n) is 1.51. The number of rotatable bonds is 3. The summed E-state index contributed by atoms with van der Waals surface area (Å²) >= 11 is 5.86.